The number of hydrogen-bond donors (Lipinski definition) is 0. The molecular formula is C8H2Cl2F3N2. The second kappa shape index (κ2) is 3.28. The molecule has 0 N–H and O–H groups in total. The standard InChI is InChI=1S/C8H2Cl2F3N2/c9-3-1-5-6(2-4(3)10)15-7(14-5)8(11,12)13/h1-2H. The summed E-state index contributed by atoms with van der Waals surface area (Å²) in [6, 6.07) is 2.50. The minimum absolute atomic E-state index is 0.0803. The monoisotopic (exact) mass is 253 g/mol. The highest BCUT2D eigenvalue weighted by Crippen LogP contribution is 2.39. The van der Waals surface area contributed by atoms with Crippen LogP contribution in [-0.4, -0.2) is 12.0 Å². The molecule has 79 valence electrons. The minimum atomic E-state index is -4.56. The molecule has 0 fully saturated rings. The van der Waals surface area contributed by atoms with Gasteiger partial charge in [0.25, 0.3) is 0 Å². The lowest BCUT2D eigenvalue weighted by Gasteiger charge is -2.03. The molecule has 0 atom stereocenters. The predicted molar refractivity (Wildman–Crippen MR) is 51.4 cm³/mol. The number of amidine groups is 1. The van der Waals surface area contributed by atoms with Crippen molar-refractivity contribution in [3.63, 3.8) is 0 Å². The fraction of sp³-hybridized carbons (Fsp3) is 0.125. The van der Waals surface area contributed by atoms with E-state index in [1.807, 2.05) is 0 Å². The van der Waals surface area contributed by atoms with Crippen LogP contribution in [0.1, 0.15) is 0 Å². The largest absolute Gasteiger partial charge is 0.451 e. The van der Waals surface area contributed by atoms with E-state index in [-0.39, 0.29) is 21.4 Å². The van der Waals surface area contributed by atoms with E-state index in [1.54, 1.807) is 0 Å². The van der Waals surface area contributed by atoms with E-state index in [1.165, 1.54) is 12.1 Å². The molecule has 0 spiro atoms. The predicted octanol–water partition coefficient (Wildman–Crippen LogP) is 3.84. The Morgan fingerprint density at radius 1 is 1.00 bits per heavy atom. The normalized spacial score (nSPS) is 14.6. The number of halogens is 5. The van der Waals surface area contributed by atoms with E-state index in [4.69, 9.17) is 23.2 Å². The van der Waals surface area contributed by atoms with Crippen LogP contribution in [0.15, 0.2) is 17.1 Å². The minimum Gasteiger partial charge on any atom is -0.223 e. The van der Waals surface area contributed by atoms with Gasteiger partial charge in [0, 0.05) is 0 Å². The van der Waals surface area contributed by atoms with E-state index in [9.17, 15) is 13.2 Å². The van der Waals surface area contributed by atoms with Gasteiger partial charge in [-0.25, -0.2) is 10.3 Å². The molecule has 1 aliphatic heterocycles. The Morgan fingerprint density at radius 3 is 2.07 bits per heavy atom. The van der Waals surface area contributed by atoms with Crippen molar-refractivity contribution in [3.05, 3.63) is 22.2 Å². The van der Waals surface area contributed by atoms with Crippen LogP contribution in [0.4, 0.5) is 24.5 Å². The Kier molecular flexibility index (Phi) is 2.31. The lowest BCUT2D eigenvalue weighted by molar-refractivity contribution is -0.0608. The smallest absolute Gasteiger partial charge is 0.223 e. The first-order valence-corrected chi connectivity index (χ1v) is 4.50. The highest BCUT2D eigenvalue weighted by atomic mass is 35.5. The van der Waals surface area contributed by atoms with Crippen molar-refractivity contribution >= 4 is 40.4 Å². The summed E-state index contributed by atoms with van der Waals surface area (Å²) in [4.78, 5) is 3.31. The first-order valence-electron chi connectivity index (χ1n) is 3.74. The Morgan fingerprint density at radius 2 is 1.53 bits per heavy atom. The SMILES string of the molecule is FC(F)(F)C1=Nc2cc(Cl)c(Cl)cc2[N]1. The number of hydrogen-bond acceptors (Lipinski definition) is 1. The van der Waals surface area contributed by atoms with Crippen LogP contribution in [0.25, 0.3) is 0 Å². The van der Waals surface area contributed by atoms with Crippen molar-refractivity contribution in [2.75, 3.05) is 0 Å². The van der Waals surface area contributed by atoms with Crippen molar-refractivity contribution in [1.29, 1.82) is 0 Å². The summed E-state index contributed by atoms with van der Waals surface area (Å²) in [6.07, 6.45) is -4.56. The van der Waals surface area contributed by atoms with Gasteiger partial charge in [0.1, 0.15) is 0 Å². The molecule has 2 nitrogen and oxygen atoms in total. The van der Waals surface area contributed by atoms with Crippen LogP contribution in [0.2, 0.25) is 10.0 Å². The number of alkyl halides is 3. The second-order valence-corrected chi connectivity index (χ2v) is 3.61. The summed E-state index contributed by atoms with van der Waals surface area (Å²) < 4.78 is 36.7. The number of aliphatic imine (C=N–C) groups is 1. The van der Waals surface area contributed by atoms with E-state index in [0.717, 1.165) is 0 Å². The third-order valence-corrected chi connectivity index (χ3v) is 2.45. The first-order chi connectivity index (χ1) is 6.88. The molecule has 1 aromatic rings. The van der Waals surface area contributed by atoms with Crippen molar-refractivity contribution in [2.45, 2.75) is 6.18 Å². The topological polar surface area (TPSA) is 26.5 Å². The maximum Gasteiger partial charge on any atom is 0.451 e. The molecule has 0 saturated carbocycles. The molecule has 0 aromatic heterocycles. The second-order valence-electron chi connectivity index (χ2n) is 2.80. The molecule has 1 radical (unpaired) electrons. The summed E-state index contributed by atoms with van der Waals surface area (Å²) in [6.45, 7) is 0. The fourth-order valence-corrected chi connectivity index (χ4v) is 1.40. The maximum atomic E-state index is 12.2. The van der Waals surface area contributed by atoms with Gasteiger partial charge in [0.05, 0.1) is 21.4 Å². The molecule has 1 heterocycles. The van der Waals surface area contributed by atoms with Crippen LogP contribution in [0, 0.1) is 0 Å². The van der Waals surface area contributed by atoms with Gasteiger partial charge < -0.3 is 0 Å². The Labute approximate surface area is 92.7 Å². The third-order valence-electron chi connectivity index (χ3n) is 1.72. The number of rotatable bonds is 0. The summed E-state index contributed by atoms with van der Waals surface area (Å²) >= 11 is 11.3. The number of fused-ring (bicyclic) bond motifs is 1. The van der Waals surface area contributed by atoms with Crippen molar-refractivity contribution in [3.8, 4) is 0 Å². The molecule has 1 aromatic carbocycles. The molecule has 0 bridgehead atoms. The zero-order valence-corrected chi connectivity index (χ0v) is 8.45. The molecule has 1 aliphatic rings. The maximum absolute atomic E-state index is 12.2. The quantitative estimate of drug-likeness (QED) is 0.672. The van der Waals surface area contributed by atoms with Crippen molar-refractivity contribution in [2.24, 2.45) is 4.99 Å². The summed E-state index contributed by atoms with van der Waals surface area (Å²) in [5, 5.41) is 3.61. The molecule has 0 amide bonds. The Bertz CT molecular complexity index is 454. The van der Waals surface area contributed by atoms with E-state index >= 15 is 0 Å². The highest BCUT2D eigenvalue weighted by Gasteiger charge is 2.40. The van der Waals surface area contributed by atoms with Gasteiger partial charge in [-0.15, -0.1) is 0 Å². The fourth-order valence-electron chi connectivity index (χ4n) is 1.08. The van der Waals surface area contributed by atoms with E-state index < -0.39 is 12.0 Å². The average Bonchev–Trinajstić information content (AvgIpc) is 2.47. The highest BCUT2D eigenvalue weighted by molar-refractivity contribution is 6.42. The van der Waals surface area contributed by atoms with Crippen LogP contribution < -0.4 is 5.32 Å². The Balaban J connectivity index is 2.43. The van der Waals surface area contributed by atoms with Gasteiger partial charge in [-0.3, -0.25) is 0 Å². The van der Waals surface area contributed by atoms with E-state index in [2.05, 4.69) is 10.3 Å². The lowest BCUT2D eigenvalue weighted by atomic mass is 10.3. The first kappa shape index (κ1) is 10.6. The van der Waals surface area contributed by atoms with Crippen LogP contribution in [0.3, 0.4) is 0 Å². The molecule has 0 unspecified atom stereocenters. The van der Waals surface area contributed by atoms with Crippen LogP contribution in [-0.2, 0) is 0 Å². The molecule has 2 rings (SSSR count). The van der Waals surface area contributed by atoms with Gasteiger partial charge >= 0.3 is 6.18 Å². The molecule has 0 saturated heterocycles. The van der Waals surface area contributed by atoms with Crippen LogP contribution >= 0.6 is 23.2 Å². The zero-order chi connectivity index (χ0) is 11.2. The third kappa shape index (κ3) is 1.89. The van der Waals surface area contributed by atoms with Gasteiger partial charge in [-0.05, 0) is 12.1 Å². The molecular weight excluding hydrogens is 252 g/mol. The van der Waals surface area contributed by atoms with Gasteiger partial charge in [0.15, 0.2) is 0 Å². The van der Waals surface area contributed by atoms with Gasteiger partial charge in [-0.1, -0.05) is 23.2 Å². The van der Waals surface area contributed by atoms with Crippen molar-refractivity contribution < 1.29 is 13.2 Å². The molecule has 15 heavy (non-hydrogen) atoms. The average molecular weight is 254 g/mol. The van der Waals surface area contributed by atoms with Crippen LogP contribution in [0.5, 0.6) is 0 Å². The molecule has 7 heteroatoms. The Hall–Kier alpha value is -0.940. The van der Waals surface area contributed by atoms with Gasteiger partial charge in [-0.2, -0.15) is 13.2 Å². The summed E-state index contributed by atoms with van der Waals surface area (Å²) in [5.74, 6) is -1.18. The van der Waals surface area contributed by atoms with Gasteiger partial charge in [0.2, 0.25) is 5.84 Å². The number of nitrogens with zero attached hydrogens (tertiary/aromatic N) is 2. The van der Waals surface area contributed by atoms with E-state index in [0.29, 0.717) is 0 Å². The lowest BCUT2D eigenvalue weighted by Crippen LogP contribution is -2.27. The summed E-state index contributed by atoms with van der Waals surface area (Å²) in [7, 11) is 0. The number of benzene rings is 1. The zero-order valence-electron chi connectivity index (χ0n) is 6.94. The summed E-state index contributed by atoms with van der Waals surface area (Å²) in [5.41, 5.74) is 0.161. The van der Waals surface area contributed by atoms with Crippen molar-refractivity contribution in [1.82, 2.24) is 5.32 Å². The molecule has 0 aliphatic carbocycles.